The number of amides is 1. The average molecular weight is 366 g/mol. The lowest BCUT2D eigenvalue weighted by Gasteiger charge is -2.14. The molecule has 1 N–H and O–H groups in total. The van der Waals surface area contributed by atoms with Gasteiger partial charge in [-0.3, -0.25) is 4.79 Å². The predicted octanol–water partition coefficient (Wildman–Crippen LogP) is 4.66. The molecule has 8 heteroatoms. The van der Waals surface area contributed by atoms with Crippen molar-refractivity contribution < 1.29 is 22.7 Å². The van der Waals surface area contributed by atoms with E-state index in [1.807, 2.05) is 0 Å². The molecule has 0 radical (unpaired) electrons. The largest absolute Gasteiger partial charge is 0.573 e. The van der Waals surface area contributed by atoms with Crippen LogP contribution in [0.25, 0.3) is 0 Å². The molecular weight excluding hydrogens is 359 g/mol. The third-order valence-electron chi connectivity index (χ3n) is 2.16. The van der Waals surface area contributed by atoms with E-state index in [9.17, 15) is 18.0 Å². The summed E-state index contributed by atoms with van der Waals surface area (Å²) in [6.07, 6.45) is -4.83. The number of carbonyl (C=O) groups excluding carboxylic acids is 1. The summed E-state index contributed by atoms with van der Waals surface area (Å²) in [6, 6.07) is 7.22. The molecule has 0 unspecified atom stereocenters. The Morgan fingerprint density at radius 2 is 2.05 bits per heavy atom. The molecule has 0 aliphatic carbocycles. The number of hydrogen-bond acceptors (Lipinski definition) is 3. The Morgan fingerprint density at radius 3 is 2.65 bits per heavy atom. The highest BCUT2D eigenvalue weighted by atomic mass is 79.9. The predicted molar refractivity (Wildman–Crippen MR) is 73.1 cm³/mol. The van der Waals surface area contributed by atoms with E-state index in [2.05, 4.69) is 26.0 Å². The van der Waals surface area contributed by atoms with Crippen molar-refractivity contribution in [3.05, 3.63) is 45.1 Å². The van der Waals surface area contributed by atoms with Crippen LogP contribution >= 0.6 is 27.3 Å². The van der Waals surface area contributed by atoms with Gasteiger partial charge in [0, 0.05) is 4.47 Å². The Bertz CT molecular complexity index is 614. The first kappa shape index (κ1) is 14.9. The van der Waals surface area contributed by atoms with Crippen molar-refractivity contribution in [2.45, 2.75) is 6.36 Å². The second-order valence-corrected chi connectivity index (χ2v) is 5.48. The van der Waals surface area contributed by atoms with Gasteiger partial charge in [0.15, 0.2) is 5.75 Å². The zero-order chi connectivity index (χ0) is 14.8. The van der Waals surface area contributed by atoms with E-state index in [1.54, 1.807) is 17.5 Å². The highest BCUT2D eigenvalue weighted by molar-refractivity contribution is 9.10. The van der Waals surface area contributed by atoms with E-state index in [0.717, 1.165) is 6.07 Å². The number of rotatable bonds is 3. The van der Waals surface area contributed by atoms with Crippen LogP contribution in [0.2, 0.25) is 0 Å². The Morgan fingerprint density at radius 1 is 1.30 bits per heavy atom. The quantitative estimate of drug-likeness (QED) is 0.858. The molecule has 106 valence electrons. The minimum atomic E-state index is -4.83. The number of anilines is 1. The van der Waals surface area contributed by atoms with Gasteiger partial charge in [-0.1, -0.05) is 22.0 Å². The highest BCUT2D eigenvalue weighted by Crippen LogP contribution is 2.33. The van der Waals surface area contributed by atoms with Crippen LogP contribution in [0.4, 0.5) is 18.9 Å². The monoisotopic (exact) mass is 365 g/mol. The molecule has 0 bridgehead atoms. The van der Waals surface area contributed by atoms with Gasteiger partial charge in [0.2, 0.25) is 0 Å². The molecule has 0 aliphatic rings. The minimum absolute atomic E-state index is 0.0519. The Balaban J connectivity index is 2.25. The molecule has 0 spiro atoms. The number of benzene rings is 1. The van der Waals surface area contributed by atoms with Gasteiger partial charge in [0.25, 0.3) is 5.91 Å². The molecule has 0 saturated carbocycles. The van der Waals surface area contributed by atoms with E-state index >= 15 is 0 Å². The van der Waals surface area contributed by atoms with Crippen LogP contribution in [0, 0.1) is 0 Å². The fourth-order valence-corrected chi connectivity index (χ4v) is 2.36. The average Bonchev–Trinajstić information content (AvgIpc) is 2.84. The fraction of sp³-hybridized carbons (Fsp3) is 0.0833. The van der Waals surface area contributed by atoms with Crippen LogP contribution in [-0.4, -0.2) is 12.3 Å². The standard InChI is InChI=1S/C12H7BrF3NO2S/c13-7-3-4-8(9(6-7)19-12(14,15)16)17-11(18)10-2-1-5-20-10/h1-6H,(H,17,18). The van der Waals surface area contributed by atoms with Gasteiger partial charge in [-0.15, -0.1) is 24.5 Å². The summed E-state index contributed by atoms with van der Waals surface area (Å²) in [6.45, 7) is 0. The van der Waals surface area contributed by atoms with Gasteiger partial charge in [0.05, 0.1) is 10.6 Å². The van der Waals surface area contributed by atoms with Crippen LogP contribution < -0.4 is 10.1 Å². The summed E-state index contributed by atoms with van der Waals surface area (Å²) in [5.74, 6) is -0.967. The van der Waals surface area contributed by atoms with Crippen molar-refractivity contribution in [2.24, 2.45) is 0 Å². The van der Waals surface area contributed by atoms with Crippen LogP contribution in [0.1, 0.15) is 9.67 Å². The topological polar surface area (TPSA) is 38.3 Å². The third kappa shape index (κ3) is 3.97. The van der Waals surface area contributed by atoms with E-state index in [1.165, 1.54) is 23.5 Å². The fourth-order valence-electron chi connectivity index (χ4n) is 1.40. The number of carbonyl (C=O) groups is 1. The summed E-state index contributed by atoms with van der Waals surface area (Å²) in [5, 5.41) is 4.09. The number of alkyl halides is 3. The van der Waals surface area contributed by atoms with Gasteiger partial charge in [-0.25, -0.2) is 0 Å². The van der Waals surface area contributed by atoms with Gasteiger partial charge in [0.1, 0.15) is 0 Å². The number of ether oxygens (including phenoxy) is 1. The minimum Gasteiger partial charge on any atom is -0.404 e. The number of nitrogens with one attached hydrogen (secondary N) is 1. The molecule has 1 amide bonds. The van der Waals surface area contributed by atoms with Crippen LogP contribution in [0.5, 0.6) is 5.75 Å². The first-order chi connectivity index (χ1) is 9.35. The molecule has 0 aliphatic heterocycles. The number of thiophene rings is 1. The number of hydrogen-bond donors (Lipinski definition) is 1. The van der Waals surface area contributed by atoms with Crippen LogP contribution in [-0.2, 0) is 0 Å². The van der Waals surface area contributed by atoms with E-state index < -0.39 is 18.0 Å². The molecule has 1 aromatic heterocycles. The third-order valence-corrected chi connectivity index (χ3v) is 3.52. The Labute approximate surface area is 124 Å². The molecule has 1 aromatic carbocycles. The van der Waals surface area contributed by atoms with Gasteiger partial charge >= 0.3 is 6.36 Å². The Hall–Kier alpha value is -1.54. The molecule has 2 aromatic rings. The van der Waals surface area contributed by atoms with Crippen molar-refractivity contribution in [3.8, 4) is 5.75 Å². The molecule has 20 heavy (non-hydrogen) atoms. The van der Waals surface area contributed by atoms with Gasteiger partial charge in [-0.05, 0) is 29.6 Å². The van der Waals surface area contributed by atoms with Gasteiger partial charge < -0.3 is 10.1 Å². The molecule has 2 rings (SSSR count). The molecule has 3 nitrogen and oxygen atoms in total. The lowest BCUT2D eigenvalue weighted by Crippen LogP contribution is -2.19. The van der Waals surface area contributed by atoms with E-state index in [0.29, 0.717) is 9.35 Å². The molecular formula is C12H7BrF3NO2S. The van der Waals surface area contributed by atoms with Crippen molar-refractivity contribution >= 4 is 38.9 Å². The van der Waals surface area contributed by atoms with Crippen LogP contribution in [0.15, 0.2) is 40.2 Å². The van der Waals surface area contributed by atoms with Crippen molar-refractivity contribution in [1.82, 2.24) is 0 Å². The van der Waals surface area contributed by atoms with Crippen molar-refractivity contribution in [1.29, 1.82) is 0 Å². The molecule has 0 atom stereocenters. The maximum absolute atomic E-state index is 12.3. The Kier molecular flexibility index (Phi) is 4.34. The van der Waals surface area contributed by atoms with Gasteiger partial charge in [-0.2, -0.15) is 0 Å². The normalized spacial score (nSPS) is 11.2. The highest BCUT2D eigenvalue weighted by Gasteiger charge is 2.32. The summed E-state index contributed by atoms with van der Waals surface area (Å²) in [7, 11) is 0. The molecule has 0 fully saturated rings. The van der Waals surface area contributed by atoms with Crippen molar-refractivity contribution in [3.63, 3.8) is 0 Å². The van der Waals surface area contributed by atoms with Crippen LogP contribution in [0.3, 0.4) is 0 Å². The maximum Gasteiger partial charge on any atom is 0.573 e. The second kappa shape index (κ2) is 5.84. The van der Waals surface area contributed by atoms with Crippen molar-refractivity contribution in [2.75, 3.05) is 5.32 Å². The van der Waals surface area contributed by atoms with E-state index in [4.69, 9.17) is 0 Å². The molecule has 1 heterocycles. The number of halogens is 4. The lowest BCUT2D eigenvalue weighted by atomic mass is 10.3. The summed E-state index contributed by atoms with van der Waals surface area (Å²) >= 11 is 4.24. The first-order valence-corrected chi connectivity index (χ1v) is 6.92. The zero-order valence-electron chi connectivity index (χ0n) is 9.70. The molecule has 0 saturated heterocycles. The second-order valence-electron chi connectivity index (χ2n) is 3.62. The summed E-state index contributed by atoms with van der Waals surface area (Å²) < 4.78 is 41.2. The SMILES string of the molecule is O=C(Nc1ccc(Br)cc1OC(F)(F)F)c1cccs1. The summed E-state index contributed by atoms with van der Waals surface area (Å²) in [5.41, 5.74) is -0.0519. The maximum atomic E-state index is 12.3. The smallest absolute Gasteiger partial charge is 0.404 e. The zero-order valence-corrected chi connectivity index (χ0v) is 12.1. The lowest BCUT2D eigenvalue weighted by molar-refractivity contribution is -0.274. The first-order valence-electron chi connectivity index (χ1n) is 5.25. The summed E-state index contributed by atoms with van der Waals surface area (Å²) in [4.78, 5) is 12.2. The van der Waals surface area contributed by atoms with E-state index in [-0.39, 0.29) is 5.69 Å².